The van der Waals surface area contributed by atoms with E-state index in [0.717, 1.165) is 10.4 Å². The summed E-state index contributed by atoms with van der Waals surface area (Å²) in [7, 11) is 0. The van der Waals surface area contributed by atoms with Gasteiger partial charge in [-0.3, -0.25) is 5.41 Å². The van der Waals surface area contributed by atoms with E-state index in [2.05, 4.69) is 31.0 Å². The van der Waals surface area contributed by atoms with E-state index in [-0.39, 0.29) is 0 Å². The van der Waals surface area contributed by atoms with Crippen molar-refractivity contribution in [1.82, 2.24) is 0 Å². The van der Waals surface area contributed by atoms with Gasteiger partial charge in [0.25, 0.3) is 0 Å². The molecule has 0 fully saturated rings. The molecule has 0 radical (unpaired) electrons. The molecule has 0 spiro atoms. The van der Waals surface area contributed by atoms with Crippen molar-refractivity contribution < 1.29 is 0 Å². The second-order valence-electron chi connectivity index (χ2n) is 3.75. The first-order valence-corrected chi connectivity index (χ1v) is 5.23. The van der Waals surface area contributed by atoms with Gasteiger partial charge in [0.15, 0.2) is 0 Å². The van der Waals surface area contributed by atoms with Gasteiger partial charge in [-0.05, 0) is 41.3 Å². The van der Waals surface area contributed by atoms with Crippen molar-refractivity contribution >= 4 is 11.9 Å². The second kappa shape index (κ2) is 4.61. The van der Waals surface area contributed by atoms with Gasteiger partial charge in [-0.1, -0.05) is 42.5 Å². The van der Waals surface area contributed by atoms with Crippen molar-refractivity contribution in [1.29, 1.82) is 5.41 Å². The van der Waals surface area contributed by atoms with Crippen molar-refractivity contribution in [3.05, 3.63) is 70.2 Å². The zero-order valence-electron chi connectivity index (χ0n) is 9.20. The molecular formula is C15H13N. The SMILES string of the molecule is CC(C=c1ccc(=C=N)cc1)=C1C=CC=C1. The van der Waals surface area contributed by atoms with E-state index in [1.165, 1.54) is 11.1 Å². The van der Waals surface area contributed by atoms with Crippen molar-refractivity contribution in [3.63, 3.8) is 0 Å². The van der Waals surface area contributed by atoms with Crippen molar-refractivity contribution in [3.8, 4) is 0 Å². The van der Waals surface area contributed by atoms with E-state index in [4.69, 9.17) is 5.41 Å². The van der Waals surface area contributed by atoms with Crippen LogP contribution in [-0.4, -0.2) is 5.87 Å². The van der Waals surface area contributed by atoms with Crippen LogP contribution in [0.3, 0.4) is 0 Å². The van der Waals surface area contributed by atoms with E-state index < -0.39 is 0 Å². The minimum Gasteiger partial charge on any atom is -0.258 e. The number of rotatable bonds is 1. The Morgan fingerprint density at radius 3 is 2.31 bits per heavy atom. The summed E-state index contributed by atoms with van der Waals surface area (Å²) in [6, 6.07) is 7.81. The van der Waals surface area contributed by atoms with Crippen molar-refractivity contribution in [2.45, 2.75) is 6.92 Å². The number of hydrogen-bond donors (Lipinski definition) is 1. The van der Waals surface area contributed by atoms with Crippen LogP contribution in [0.15, 0.2) is 59.7 Å². The summed E-state index contributed by atoms with van der Waals surface area (Å²) in [6.07, 6.45) is 10.4. The third-order valence-electron chi connectivity index (χ3n) is 2.56. The summed E-state index contributed by atoms with van der Waals surface area (Å²) in [5.41, 5.74) is 2.50. The number of allylic oxidation sites excluding steroid dienone is 6. The maximum absolute atomic E-state index is 7.00. The van der Waals surface area contributed by atoms with Crippen LogP contribution in [0.2, 0.25) is 0 Å². The van der Waals surface area contributed by atoms with Crippen LogP contribution >= 0.6 is 0 Å². The first-order valence-electron chi connectivity index (χ1n) is 5.23. The summed E-state index contributed by atoms with van der Waals surface area (Å²) < 4.78 is 0. The smallest absolute Gasteiger partial charge is 0.0354 e. The van der Waals surface area contributed by atoms with Crippen molar-refractivity contribution in [2.75, 3.05) is 0 Å². The normalized spacial score (nSPS) is 12.7. The van der Waals surface area contributed by atoms with E-state index in [0.29, 0.717) is 0 Å². The fraction of sp³-hybridized carbons (Fsp3) is 0.0667. The molecule has 1 N–H and O–H groups in total. The Labute approximate surface area is 94.9 Å². The first kappa shape index (κ1) is 10.4. The summed E-state index contributed by atoms with van der Waals surface area (Å²) in [4.78, 5) is 0. The lowest BCUT2D eigenvalue weighted by atomic mass is 10.1. The van der Waals surface area contributed by atoms with Gasteiger partial charge in [0.05, 0.1) is 0 Å². The first-order chi connectivity index (χ1) is 7.79. The van der Waals surface area contributed by atoms with E-state index in [1.54, 1.807) is 0 Å². The standard InChI is InChI=1S/C15H13N/c1-12(15-4-2-3-5-15)10-13-6-8-14(11-16)9-7-13/h2-10,16H,1H3. The van der Waals surface area contributed by atoms with Gasteiger partial charge in [-0.2, -0.15) is 0 Å². The summed E-state index contributed by atoms with van der Waals surface area (Å²) in [6.45, 7) is 2.10. The lowest BCUT2D eigenvalue weighted by Crippen LogP contribution is -2.07. The fourth-order valence-electron chi connectivity index (χ4n) is 1.63. The zero-order valence-corrected chi connectivity index (χ0v) is 9.20. The Balaban J connectivity index is 2.44. The molecule has 0 atom stereocenters. The zero-order chi connectivity index (χ0) is 11.4. The Morgan fingerprint density at radius 1 is 1.12 bits per heavy atom. The molecule has 0 unspecified atom stereocenters. The number of nitrogens with one attached hydrogen (secondary N) is 1. The topological polar surface area (TPSA) is 23.9 Å². The van der Waals surface area contributed by atoms with Gasteiger partial charge in [0.2, 0.25) is 0 Å². The molecule has 2 rings (SSSR count). The van der Waals surface area contributed by atoms with Crippen LogP contribution in [0.1, 0.15) is 6.92 Å². The largest absolute Gasteiger partial charge is 0.258 e. The fourth-order valence-corrected chi connectivity index (χ4v) is 1.63. The third kappa shape index (κ3) is 2.28. The number of benzene rings is 1. The molecule has 1 aromatic rings. The molecule has 78 valence electrons. The van der Waals surface area contributed by atoms with Gasteiger partial charge in [0.1, 0.15) is 0 Å². The number of hydrogen-bond acceptors (Lipinski definition) is 1. The van der Waals surface area contributed by atoms with E-state index in [9.17, 15) is 0 Å². The molecule has 1 aliphatic carbocycles. The molecule has 1 nitrogen and oxygen atoms in total. The van der Waals surface area contributed by atoms with Gasteiger partial charge < -0.3 is 0 Å². The lowest BCUT2D eigenvalue weighted by molar-refractivity contribution is 1.48. The Bertz CT molecular complexity index is 586. The molecule has 0 bridgehead atoms. The lowest BCUT2D eigenvalue weighted by Gasteiger charge is -1.95. The van der Waals surface area contributed by atoms with E-state index >= 15 is 0 Å². The molecule has 16 heavy (non-hydrogen) atoms. The predicted octanol–water partition coefficient (Wildman–Crippen LogP) is 1.83. The highest BCUT2D eigenvalue weighted by Gasteiger charge is 1.95. The minimum absolute atomic E-state index is 0.808. The summed E-state index contributed by atoms with van der Waals surface area (Å²) in [5.74, 6) is 2.36. The van der Waals surface area contributed by atoms with Crippen LogP contribution in [0.4, 0.5) is 0 Å². The highest BCUT2D eigenvalue weighted by Crippen LogP contribution is 2.13. The molecule has 0 saturated heterocycles. The van der Waals surface area contributed by atoms with Crippen LogP contribution in [0.25, 0.3) is 6.08 Å². The van der Waals surface area contributed by atoms with Crippen LogP contribution < -0.4 is 10.4 Å². The maximum atomic E-state index is 7.00. The maximum Gasteiger partial charge on any atom is 0.0354 e. The highest BCUT2D eigenvalue weighted by molar-refractivity contribution is 5.57. The predicted molar refractivity (Wildman–Crippen MR) is 68.0 cm³/mol. The summed E-state index contributed by atoms with van der Waals surface area (Å²) >= 11 is 0. The average molecular weight is 207 g/mol. The Kier molecular flexibility index (Phi) is 3.00. The van der Waals surface area contributed by atoms with Gasteiger partial charge in [-0.25, -0.2) is 0 Å². The molecule has 0 aromatic heterocycles. The molecule has 0 heterocycles. The van der Waals surface area contributed by atoms with Gasteiger partial charge in [-0.15, -0.1) is 0 Å². The molecule has 1 aromatic carbocycles. The Morgan fingerprint density at radius 2 is 1.75 bits per heavy atom. The van der Waals surface area contributed by atoms with E-state index in [1.807, 2.05) is 36.4 Å². The molecule has 0 saturated carbocycles. The third-order valence-corrected chi connectivity index (χ3v) is 2.56. The molecule has 0 amide bonds. The van der Waals surface area contributed by atoms with Crippen LogP contribution in [0, 0.1) is 5.41 Å². The molecule has 1 aliphatic rings. The van der Waals surface area contributed by atoms with Gasteiger partial charge >= 0.3 is 0 Å². The van der Waals surface area contributed by atoms with Gasteiger partial charge in [0, 0.05) is 5.22 Å². The van der Waals surface area contributed by atoms with Crippen LogP contribution in [-0.2, 0) is 0 Å². The molecule has 0 aliphatic heterocycles. The molecule has 1 heteroatoms. The summed E-state index contributed by atoms with van der Waals surface area (Å²) in [5, 5.41) is 8.96. The quantitative estimate of drug-likeness (QED) is 0.679. The second-order valence-corrected chi connectivity index (χ2v) is 3.75. The monoisotopic (exact) mass is 207 g/mol. The van der Waals surface area contributed by atoms with Crippen molar-refractivity contribution in [2.24, 2.45) is 0 Å². The molecular weight excluding hydrogens is 194 g/mol. The Hall–Kier alpha value is -2.11. The highest BCUT2D eigenvalue weighted by atomic mass is 14.3. The minimum atomic E-state index is 0.808. The average Bonchev–Trinajstić information content (AvgIpc) is 2.83. The van der Waals surface area contributed by atoms with Crippen LogP contribution in [0.5, 0.6) is 0 Å².